The predicted molar refractivity (Wildman–Crippen MR) is 89.5 cm³/mol. The highest BCUT2D eigenvalue weighted by atomic mass is 19.1. The first kappa shape index (κ1) is 13.6. The number of fused-ring (bicyclic) bond motifs is 1. The van der Waals surface area contributed by atoms with Gasteiger partial charge in [0, 0.05) is 22.7 Å². The second-order valence-corrected chi connectivity index (χ2v) is 5.55. The minimum atomic E-state index is -0.264. The largest absolute Gasteiger partial charge is 0.278 e. The first-order valence-electron chi connectivity index (χ1n) is 7.37. The molecule has 2 heterocycles. The van der Waals surface area contributed by atoms with Crippen LogP contribution in [0.2, 0.25) is 0 Å². The zero-order chi connectivity index (χ0) is 15.8. The molecule has 0 amide bonds. The van der Waals surface area contributed by atoms with Crippen molar-refractivity contribution in [2.75, 3.05) is 0 Å². The molecule has 1 N–H and O–H groups in total. The van der Waals surface area contributed by atoms with E-state index in [0.717, 1.165) is 27.6 Å². The minimum Gasteiger partial charge on any atom is -0.278 e. The third kappa shape index (κ3) is 2.38. The number of pyridine rings is 1. The Morgan fingerprint density at radius 1 is 1.00 bits per heavy atom. The molecule has 0 saturated heterocycles. The van der Waals surface area contributed by atoms with Gasteiger partial charge in [0.05, 0.1) is 17.4 Å². The molecular formula is C19H14FN3. The van der Waals surface area contributed by atoms with Crippen LogP contribution in [0.3, 0.4) is 0 Å². The molecule has 3 nitrogen and oxygen atoms in total. The molecule has 0 aliphatic heterocycles. The van der Waals surface area contributed by atoms with Gasteiger partial charge in [-0.3, -0.25) is 10.1 Å². The van der Waals surface area contributed by atoms with E-state index < -0.39 is 0 Å². The standard InChI is InChI=1S/C19H14FN3/c1-12-4-6-17(20)16(9-12)19-15(3-2-8-21-19)13-5-7-18-14(10-13)11-22-23-18/h2-11H,1H3,(H,22,23). The number of aromatic nitrogens is 3. The number of hydrogen-bond acceptors (Lipinski definition) is 2. The minimum absolute atomic E-state index is 0.264. The summed E-state index contributed by atoms with van der Waals surface area (Å²) in [6.45, 7) is 1.95. The summed E-state index contributed by atoms with van der Waals surface area (Å²) in [5.41, 5.74) is 5.04. The van der Waals surface area contributed by atoms with E-state index in [0.29, 0.717) is 11.3 Å². The second-order valence-electron chi connectivity index (χ2n) is 5.55. The number of nitrogens with one attached hydrogen (secondary N) is 1. The van der Waals surface area contributed by atoms with E-state index in [9.17, 15) is 4.39 Å². The summed E-state index contributed by atoms with van der Waals surface area (Å²) < 4.78 is 14.3. The molecular weight excluding hydrogens is 289 g/mol. The van der Waals surface area contributed by atoms with Crippen LogP contribution in [0.4, 0.5) is 4.39 Å². The third-order valence-corrected chi connectivity index (χ3v) is 3.94. The van der Waals surface area contributed by atoms with Crippen LogP contribution in [-0.4, -0.2) is 15.2 Å². The summed E-state index contributed by atoms with van der Waals surface area (Å²) in [5, 5.41) is 7.99. The van der Waals surface area contributed by atoms with E-state index in [1.54, 1.807) is 18.5 Å². The summed E-state index contributed by atoms with van der Waals surface area (Å²) in [5.74, 6) is -0.264. The van der Waals surface area contributed by atoms with Crippen LogP contribution < -0.4 is 0 Å². The number of hydrogen-bond donors (Lipinski definition) is 1. The van der Waals surface area contributed by atoms with Crippen molar-refractivity contribution in [2.45, 2.75) is 6.92 Å². The van der Waals surface area contributed by atoms with E-state index in [4.69, 9.17) is 0 Å². The van der Waals surface area contributed by atoms with E-state index in [1.807, 2.05) is 43.3 Å². The van der Waals surface area contributed by atoms with Crippen molar-refractivity contribution in [3.63, 3.8) is 0 Å². The van der Waals surface area contributed by atoms with Gasteiger partial charge in [0.2, 0.25) is 0 Å². The molecule has 4 aromatic rings. The van der Waals surface area contributed by atoms with Crippen molar-refractivity contribution < 1.29 is 4.39 Å². The Hall–Kier alpha value is -3.01. The summed E-state index contributed by atoms with van der Waals surface area (Å²) >= 11 is 0. The van der Waals surface area contributed by atoms with Gasteiger partial charge >= 0.3 is 0 Å². The predicted octanol–water partition coefficient (Wildman–Crippen LogP) is 4.74. The topological polar surface area (TPSA) is 41.6 Å². The molecule has 0 aliphatic rings. The fourth-order valence-corrected chi connectivity index (χ4v) is 2.78. The van der Waals surface area contributed by atoms with Crippen molar-refractivity contribution in [3.05, 3.63) is 72.3 Å². The van der Waals surface area contributed by atoms with Gasteiger partial charge in [-0.1, -0.05) is 23.8 Å². The van der Waals surface area contributed by atoms with Gasteiger partial charge in [0.1, 0.15) is 5.82 Å². The van der Waals surface area contributed by atoms with E-state index in [2.05, 4.69) is 15.2 Å². The average Bonchev–Trinajstić information content (AvgIpc) is 3.05. The average molecular weight is 303 g/mol. The molecule has 0 spiro atoms. The molecule has 0 atom stereocenters. The van der Waals surface area contributed by atoms with Gasteiger partial charge in [-0.15, -0.1) is 0 Å². The molecule has 112 valence electrons. The summed E-state index contributed by atoms with van der Waals surface area (Å²) in [7, 11) is 0. The Morgan fingerprint density at radius 2 is 1.91 bits per heavy atom. The molecule has 4 rings (SSSR count). The van der Waals surface area contributed by atoms with E-state index in [1.165, 1.54) is 6.07 Å². The summed E-state index contributed by atoms with van der Waals surface area (Å²) in [6, 6.07) is 14.9. The molecule has 23 heavy (non-hydrogen) atoms. The van der Waals surface area contributed by atoms with Crippen LogP contribution in [-0.2, 0) is 0 Å². The van der Waals surface area contributed by atoms with Gasteiger partial charge in [0.15, 0.2) is 0 Å². The Bertz CT molecular complexity index is 1000. The molecule has 0 unspecified atom stereocenters. The van der Waals surface area contributed by atoms with E-state index >= 15 is 0 Å². The molecule has 0 bridgehead atoms. The van der Waals surface area contributed by atoms with Crippen LogP contribution in [0.25, 0.3) is 33.3 Å². The first-order valence-corrected chi connectivity index (χ1v) is 7.37. The van der Waals surface area contributed by atoms with E-state index in [-0.39, 0.29) is 5.82 Å². The van der Waals surface area contributed by atoms with Crippen molar-refractivity contribution in [2.24, 2.45) is 0 Å². The lowest BCUT2D eigenvalue weighted by Gasteiger charge is -2.10. The monoisotopic (exact) mass is 303 g/mol. The fraction of sp³-hybridized carbons (Fsp3) is 0.0526. The first-order chi connectivity index (χ1) is 11.2. The maximum absolute atomic E-state index is 14.3. The maximum Gasteiger partial charge on any atom is 0.132 e. The Labute approximate surface area is 132 Å². The molecule has 2 aromatic heterocycles. The van der Waals surface area contributed by atoms with Crippen LogP contribution in [0, 0.1) is 12.7 Å². The number of aryl methyl sites for hydroxylation is 1. The van der Waals surface area contributed by atoms with Gasteiger partial charge in [-0.05, 0) is 42.8 Å². The van der Waals surface area contributed by atoms with Crippen molar-refractivity contribution >= 4 is 10.9 Å². The highest BCUT2D eigenvalue weighted by Gasteiger charge is 2.13. The lowest BCUT2D eigenvalue weighted by Crippen LogP contribution is -1.92. The highest BCUT2D eigenvalue weighted by molar-refractivity contribution is 5.88. The number of nitrogens with zero attached hydrogens (tertiary/aromatic N) is 2. The van der Waals surface area contributed by atoms with Gasteiger partial charge in [-0.25, -0.2) is 4.39 Å². The number of rotatable bonds is 2. The SMILES string of the molecule is Cc1ccc(F)c(-c2ncccc2-c2ccc3[nH]ncc3c2)c1. The molecule has 0 radical (unpaired) electrons. The quantitative estimate of drug-likeness (QED) is 0.581. The van der Waals surface area contributed by atoms with Crippen LogP contribution in [0.15, 0.2) is 60.9 Å². The van der Waals surface area contributed by atoms with Crippen LogP contribution in [0.1, 0.15) is 5.56 Å². The normalized spacial score (nSPS) is 11.0. The molecule has 4 heteroatoms. The van der Waals surface area contributed by atoms with Crippen molar-refractivity contribution in [3.8, 4) is 22.4 Å². The molecule has 2 aromatic carbocycles. The van der Waals surface area contributed by atoms with Gasteiger partial charge in [-0.2, -0.15) is 5.10 Å². The Kier molecular flexibility index (Phi) is 3.15. The number of H-pyrrole nitrogens is 1. The van der Waals surface area contributed by atoms with Crippen LogP contribution >= 0.6 is 0 Å². The second kappa shape index (κ2) is 5.32. The van der Waals surface area contributed by atoms with Crippen molar-refractivity contribution in [1.82, 2.24) is 15.2 Å². The third-order valence-electron chi connectivity index (χ3n) is 3.94. The highest BCUT2D eigenvalue weighted by Crippen LogP contribution is 2.33. The maximum atomic E-state index is 14.3. The number of halogens is 1. The molecule has 0 aliphatic carbocycles. The number of aromatic amines is 1. The Morgan fingerprint density at radius 3 is 2.83 bits per heavy atom. The van der Waals surface area contributed by atoms with Crippen molar-refractivity contribution in [1.29, 1.82) is 0 Å². The summed E-state index contributed by atoms with van der Waals surface area (Å²) in [6.07, 6.45) is 3.47. The lowest BCUT2D eigenvalue weighted by molar-refractivity contribution is 0.630. The zero-order valence-electron chi connectivity index (χ0n) is 12.5. The van der Waals surface area contributed by atoms with Gasteiger partial charge < -0.3 is 0 Å². The smallest absolute Gasteiger partial charge is 0.132 e. The lowest BCUT2D eigenvalue weighted by atomic mass is 9.97. The molecule has 0 fully saturated rings. The Balaban J connectivity index is 1.94. The molecule has 0 saturated carbocycles. The fourth-order valence-electron chi connectivity index (χ4n) is 2.78. The zero-order valence-corrected chi connectivity index (χ0v) is 12.5. The van der Waals surface area contributed by atoms with Crippen LogP contribution in [0.5, 0.6) is 0 Å². The van der Waals surface area contributed by atoms with Gasteiger partial charge in [0.25, 0.3) is 0 Å². The number of benzene rings is 2. The summed E-state index contributed by atoms with van der Waals surface area (Å²) in [4.78, 5) is 4.43.